The summed E-state index contributed by atoms with van der Waals surface area (Å²) in [6.07, 6.45) is 1.78. The van der Waals surface area contributed by atoms with E-state index in [1.54, 1.807) is 32.4 Å². The molecule has 0 atom stereocenters. The maximum Gasteiger partial charge on any atom is 0.253 e. The van der Waals surface area contributed by atoms with Gasteiger partial charge in [0.2, 0.25) is 5.49 Å². The van der Waals surface area contributed by atoms with E-state index in [1.807, 2.05) is 43.3 Å². The molecule has 0 spiro atoms. The Balaban J connectivity index is 1.97. The maximum atomic E-state index is 12.3. The number of aryl methyl sites for hydroxylation is 1. The molecule has 0 unspecified atom stereocenters. The van der Waals surface area contributed by atoms with Gasteiger partial charge >= 0.3 is 0 Å². The summed E-state index contributed by atoms with van der Waals surface area (Å²) in [5, 5.41) is 4.71. The highest BCUT2D eigenvalue weighted by atomic mass is 16.2. The average Bonchev–Trinajstić information content (AvgIpc) is 2.79. The Hall–Kier alpha value is -4.40. The average molecular weight is 429 g/mol. The predicted molar refractivity (Wildman–Crippen MR) is 125 cm³/mol. The van der Waals surface area contributed by atoms with Crippen molar-refractivity contribution in [3.05, 3.63) is 71.3 Å². The molecule has 0 aliphatic carbocycles. The summed E-state index contributed by atoms with van der Waals surface area (Å²) >= 11 is 0. The van der Waals surface area contributed by atoms with Gasteiger partial charge in [-0.05, 0) is 42.8 Å². The molecule has 0 aliphatic rings. The topological polar surface area (TPSA) is 141 Å². The molecule has 0 bridgehead atoms. The van der Waals surface area contributed by atoms with Crippen molar-refractivity contribution >= 4 is 22.6 Å². The lowest BCUT2D eigenvalue weighted by Crippen LogP contribution is -2.34. The number of pyridine rings is 1. The molecule has 0 saturated carbocycles. The highest BCUT2D eigenvalue weighted by Gasteiger charge is 2.18. The normalized spacial score (nSPS) is 11.7. The van der Waals surface area contributed by atoms with Crippen molar-refractivity contribution in [2.75, 3.05) is 25.7 Å². The summed E-state index contributed by atoms with van der Waals surface area (Å²) in [5.74, 6) is 12.0. The third kappa shape index (κ3) is 3.49. The summed E-state index contributed by atoms with van der Waals surface area (Å²) in [7, 11) is 3.42. The first-order chi connectivity index (χ1) is 15.3. The van der Waals surface area contributed by atoms with Gasteiger partial charge in [0, 0.05) is 42.4 Å². The van der Waals surface area contributed by atoms with Crippen molar-refractivity contribution in [1.82, 2.24) is 19.5 Å². The molecule has 1 amide bonds. The second-order valence-corrected chi connectivity index (χ2v) is 7.65. The van der Waals surface area contributed by atoms with Crippen LogP contribution in [0.3, 0.4) is 0 Å². The van der Waals surface area contributed by atoms with E-state index in [0.29, 0.717) is 17.0 Å². The first-order valence-electron chi connectivity index (χ1n) is 9.91. The van der Waals surface area contributed by atoms with Gasteiger partial charge in [-0.2, -0.15) is 5.10 Å². The standard InChI is InChI=1S/C23H24N8O/c1-13-10-11-27-18-9-8-16(12-17(13)18)20-19(28-21(24)22(29-25)31(20)26)14-4-6-15(7-5-14)23(32)30(2)3/h4-12H,25-26H2,1-3H3,(H2,24,28)/b29-22-. The number of anilines is 1. The lowest BCUT2D eigenvalue weighted by molar-refractivity contribution is 0.0827. The molecule has 4 aromatic rings. The third-order valence-electron chi connectivity index (χ3n) is 5.32. The van der Waals surface area contributed by atoms with E-state index >= 15 is 0 Å². The summed E-state index contributed by atoms with van der Waals surface area (Å²) in [6.45, 7) is 2.02. The van der Waals surface area contributed by atoms with Crippen molar-refractivity contribution < 1.29 is 4.79 Å². The largest absolute Gasteiger partial charge is 0.380 e. The number of carbonyl (C=O) groups excluding carboxylic acids is 1. The van der Waals surface area contributed by atoms with Gasteiger partial charge in [-0.15, -0.1) is 0 Å². The van der Waals surface area contributed by atoms with Crippen LogP contribution in [0.2, 0.25) is 0 Å². The lowest BCUT2D eigenvalue weighted by atomic mass is 10.00. The molecule has 2 heterocycles. The molecule has 0 fully saturated rings. The number of nitrogens with two attached hydrogens (primary N) is 3. The minimum absolute atomic E-state index is 0.0899. The Morgan fingerprint density at radius 3 is 2.41 bits per heavy atom. The van der Waals surface area contributed by atoms with Gasteiger partial charge in [-0.3, -0.25) is 9.78 Å². The summed E-state index contributed by atoms with van der Waals surface area (Å²) < 4.78 is 1.34. The molecule has 0 saturated heterocycles. The van der Waals surface area contributed by atoms with Crippen LogP contribution < -0.4 is 22.9 Å². The fourth-order valence-corrected chi connectivity index (χ4v) is 3.63. The molecule has 2 aromatic heterocycles. The van der Waals surface area contributed by atoms with Gasteiger partial charge in [-0.1, -0.05) is 18.2 Å². The van der Waals surface area contributed by atoms with Crippen LogP contribution in [0.15, 0.2) is 59.8 Å². The van der Waals surface area contributed by atoms with E-state index in [2.05, 4.69) is 15.1 Å². The number of nitrogens with zero attached hydrogens (tertiary/aromatic N) is 5. The number of hydrogen-bond donors (Lipinski definition) is 3. The number of carbonyl (C=O) groups is 1. The van der Waals surface area contributed by atoms with Crippen molar-refractivity contribution in [3.63, 3.8) is 0 Å². The van der Waals surface area contributed by atoms with Crippen molar-refractivity contribution in [2.45, 2.75) is 6.92 Å². The number of amides is 1. The smallest absolute Gasteiger partial charge is 0.253 e. The van der Waals surface area contributed by atoms with Crippen LogP contribution in [-0.4, -0.2) is 39.5 Å². The number of fused-ring (bicyclic) bond motifs is 1. The number of aromatic nitrogens is 3. The van der Waals surface area contributed by atoms with Crippen LogP contribution in [-0.2, 0) is 0 Å². The van der Waals surface area contributed by atoms with Crippen LogP contribution in [0.1, 0.15) is 15.9 Å². The van der Waals surface area contributed by atoms with Crippen LogP contribution >= 0.6 is 0 Å². The molecule has 162 valence electrons. The lowest BCUT2D eigenvalue weighted by Gasteiger charge is -2.17. The van der Waals surface area contributed by atoms with E-state index in [-0.39, 0.29) is 17.2 Å². The molecule has 0 radical (unpaired) electrons. The summed E-state index contributed by atoms with van der Waals surface area (Å²) in [5.41, 5.74) is 11.4. The van der Waals surface area contributed by atoms with Gasteiger partial charge < -0.3 is 22.3 Å². The van der Waals surface area contributed by atoms with Gasteiger partial charge in [0.05, 0.1) is 16.9 Å². The SMILES string of the molecule is Cc1ccnc2ccc(-c3c(-c4ccc(C(=O)N(C)C)cc4)nc(N)/c(=N/N)n3N)cc12. The van der Waals surface area contributed by atoms with E-state index < -0.39 is 0 Å². The first-order valence-corrected chi connectivity index (χ1v) is 9.91. The van der Waals surface area contributed by atoms with Crippen molar-refractivity contribution in [1.29, 1.82) is 0 Å². The molecule has 6 N–H and O–H groups in total. The third-order valence-corrected chi connectivity index (χ3v) is 5.32. The summed E-state index contributed by atoms with van der Waals surface area (Å²) in [4.78, 5) is 22.8. The molecule has 2 aromatic carbocycles. The Labute approximate surface area is 184 Å². The van der Waals surface area contributed by atoms with Gasteiger partial charge in [0.1, 0.15) is 0 Å². The number of benzene rings is 2. The second kappa shape index (κ2) is 8.03. The maximum absolute atomic E-state index is 12.3. The predicted octanol–water partition coefficient (Wildman–Crippen LogP) is 1.85. The fourth-order valence-electron chi connectivity index (χ4n) is 3.63. The zero-order chi connectivity index (χ0) is 23.0. The van der Waals surface area contributed by atoms with Crippen LogP contribution in [0, 0.1) is 6.92 Å². The molecule has 4 rings (SSSR count). The van der Waals surface area contributed by atoms with Crippen LogP contribution in [0.5, 0.6) is 0 Å². The van der Waals surface area contributed by atoms with E-state index in [1.165, 1.54) is 9.58 Å². The van der Waals surface area contributed by atoms with Gasteiger partial charge in [-0.25, -0.2) is 9.66 Å². The highest BCUT2D eigenvalue weighted by molar-refractivity contribution is 5.95. The quantitative estimate of drug-likeness (QED) is 0.336. The minimum atomic E-state index is -0.0899. The second-order valence-electron chi connectivity index (χ2n) is 7.65. The molecule has 0 aliphatic heterocycles. The zero-order valence-electron chi connectivity index (χ0n) is 18.1. The molecular weight excluding hydrogens is 404 g/mol. The monoisotopic (exact) mass is 428 g/mol. The molecule has 9 nitrogen and oxygen atoms in total. The zero-order valence-corrected chi connectivity index (χ0v) is 18.1. The Kier molecular flexibility index (Phi) is 5.23. The minimum Gasteiger partial charge on any atom is -0.380 e. The van der Waals surface area contributed by atoms with E-state index in [0.717, 1.165) is 27.6 Å². The first kappa shape index (κ1) is 20.9. The molecule has 32 heavy (non-hydrogen) atoms. The van der Waals surface area contributed by atoms with Crippen molar-refractivity contribution in [3.8, 4) is 22.5 Å². The van der Waals surface area contributed by atoms with Gasteiger partial charge in [0.25, 0.3) is 5.91 Å². The Morgan fingerprint density at radius 1 is 1.06 bits per heavy atom. The van der Waals surface area contributed by atoms with E-state index in [9.17, 15) is 4.79 Å². The molecular formula is C23H24N8O. The molecule has 9 heteroatoms. The van der Waals surface area contributed by atoms with Crippen LogP contribution in [0.25, 0.3) is 33.4 Å². The van der Waals surface area contributed by atoms with Crippen molar-refractivity contribution in [2.24, 2.45) is 10.9 Å². The Bertz CT molecular complexity index is 1400. The number of rotatable bonds is 3. The van der Waals surface area contributed by atoms with Gasteiger partial charge in [0.15, 0.2) is 5.82 Å². The van der Waals surface area contributed by atoms with E-state index in [4.69, 9.17) is 17.4 Å². The van der Waals surface area contributed by atoms with Crippen LogP contribution in [0.4, 0.5) is 5.82 Å². The fraction of sp³-hybridized carbons (Fsp3) is 0.130. The summed E-state index contributed by atoms with van der Waals surface area (Å²) in [6, 6.07) is 14.9. The number of nitrogen functional groups attached to an aromatic ring is 2. The highest BCUT2D eigenvalue weighted by Crippen LogP contribution is 2.32. The Morgan fingerprint density at radius 2 is 1.75 bits per heavy atom. The number of hydrogen-bond acceptors (Lipinski definition) is 7.